The van der Waals surface area contributed by atoms with Gasteiger partial charge in [0.25, 0.3) is 0 Å². The quantitative estimate of drug-likeness (QED) is 0.610. The summed E-state index contributed by atoms with van der Waals surface area (Å²) < 4.78 is 6.08. The lowest BCUT2D eigenvalue weighted by atomic mass is 9.97. The molecule has 5 nitrogen and oxygen atoms in total. The maximum atomic E-state index is 6.08. The molecule has 0 amide bonds. The number of nitrogens with zero attached hydrogens (tertiary/aromatic N) is 3. The van der Waals surface area contributed by atoms with Gasteiger partial charge in [-0.15, -0.1) is 11.3 Å². The van der Waals surface area contributed by atoms with Crippen molar-refractivity contribution in [1.29, 1.82) is 0 Å². The van der Waals surface area contributed by atoms with Crippen molar-refractivity contribution < 1.29 is 4.74 Å². The lowest BCUT2D eigenvalue weighted by Crippen LogP contribution is -2.30. The highest BCUT2D eigenvalue weighted by atomic mass is 32.1. The van der Waals surface area contributed by atoms with Crippen LogP contribution in [-0.4, -0.2) is 40.6 Å². The molecule has 0 spiro atoms. The van der Waals surface area contributed by atoms with Crippen LogP contribution in [0, 0.1) is 13.8 Å². The Balaban J connectivity index is 1.42. The van der Waals surface area contributed by atoms with Crippen molar-refractivity contribution in [2.75, 3.05) is 25.0 Å². The number of hydrogen-bond donors (Lipinski definition) is 1. The van der Waals surface area contributed by atoms with Crippen LogP contribution < -0.4 is 5.32 Å². The van der Waals surface area contributed by atoms with Crippen molar-refractivity contribution in [3.63, 3.8) is 0 Å². The maximum Gasteiger partial charge on any atom is 0.146 e. The van der Waals surface area contributed by atoms with Gasteiger partial charge in [0.2, 0.25) is 0 Å². The van der Waals surface area contributed by atoms with E-state index in [2.05, 4.69) is 54.4 Å². The summed E-state index contributed by atoms with van der Waals surface area (Å²) in [5, 5.41) is 5.00. The zero-order chi connectivity index (χ0) is 20.5. The first kappa shape index (κ1) is 19.9. The third-order valence-electron chi connectivity index (χ3n) is 6.43. The van der Waals surface area contributed by atoms with Crippen LogP contribution >= 0.6 is 11.3 Å². The van der Waals surface area contributed by atoms with Crippen LogP contribution in [0.4, 0.5) is 5.82 Å². The zero-order valence-electron chi connectivity index (χ0n) is 17.9. The Hall–Kier alpha value is -2.02. The third-order valence-corrected chi connectivity index (χ3v) is 7.54. The predicted molar refractivity (Wildman–Crippen MR) is 123 cm³/mol. The summed E-state index contributed by atoms with van der Waals surface area (Å²) in [4.78, 5) is 14.9. The average Bonchev–Trinajstić information content (AvgIpc) is 3.37. The molecule has 0 radical (unpaired) electrons. The molecule has 158 valence electrons. The minimum Gasteiger partial charge on any atom is -0.373 e. The van der Waals surface area contributed by atoms with Crippen LogP contribution in [0.2, 0.25) is 0 Å². The molecule has 0 bridgehead atoms. The van der Waals surface area contributed by atoms with Crippen molar-refractivity contribution in [3.05, 3.63) is 52.2 Å². The minimum atomic E-state index is 0.143. The molecule has 2 fully saturated rings. The highest BCUT2D eigenvalue weighted by molar-refractivity contribution is 7.18. The van der Waals surface area contributed by atoms with Gasteiger partial charge in [-0.2, -0.15) is 0 Å². The summed E-state index contributed by atoms with van der Waals surface area (Å²) in [7, 11) is 0. The molecular formula is C24H30N4OS. The van der Waals surface area contributed by atoms with Gasteiger partial charge in [-0.25, -0.2) is 9.97 Å². The van der Waals surface area contributed by atoms with Gasteiger partial charge in [0, 0.05) is 17.5 Å². The Morgan fingerprint density at radius 3 is 2.73 bits per heavy atom. The second-order valence-corrected chi connectivity index (χ2v) is 9.77. The number of aromatic nitrogens is 2. The normalized spacial score (nSPS) is 22.6. The summed E-state index contributed by atoms with van der Waals surface area (Å²) >= 11 is 1.79. The molecule has 2 unspecified atom stereocenters. The van der Waals surface area contributed by atoms with Gasteiger partial charge in [-0.1, -0.05) is 30.3 Å². The number of anilines is 1. The third kappa shape index (κ3) is 4.09. The number of hydrogen-bond acceptors (Lipinski definition) is 6. The van der Waals surface area contributed by atoms with Crippen molar-refractivity contribution >= 4 is 27.4 Å². The first-order valence-electron chi connectivity index (χ1n) is 11.1. The molecule has 2 aliphatic heterocycles. The molecule has 3 aromatic rings. The molecule has 2 aliphatic rings. The van der Waals surface area contributed by atoms with Crippen molar-refractivity contribution in [3.8, 4) is 0 Å². The van der Waals surface area contributed by atoms with Crippen LogP contribution in [0.5, 0.6) is 0 Å². The molecule has 0 saturated carbocycles. The van der Waals surface area contributed by atoms with Crippen LogP contribution in [0.1, 0.15) is 53.6 Å². The zero-order valence-corrected chi connectivity index (χ0v) is 18.7. The number of ether oxygens (including phenoxy) is 1. The largest absolute Gasteiger partial charge is 0.373 e. The molecular weight excluding hydrogens is 392 g/mol. The molecule has 0 aliphatic carbocycles. The number of fused-ring (bicyclic) bond motifs is 1. The van der Waals surface area contributed by atoms with E-state index in [1.807, 2.05) is 0 Å². The number of likely N-dealkylation sites (tertiary alicyclic amines) is 1. The fourth-order valence-electron chi connectivity index (χ4n) is 4.63. The molecule has 2 aromatic heterocycles. The van der Waals surface area contributed by atoms with Crippen molar-refractivity contribution in [2.45, 2.75) is 58.2 Å². The SMILES string of the molecule is Cc1sc2nc(CN3CCCC3)nc(NC3CCOC(c4ccccc4)C3)c2c1C. The smallest absolute Gasteiger partial charge is 0.146 e. The highest BCUT2D eigenvalue weighted by Crippen LogP contribution is 2.36. The summed E-state index contributed by atoms with van der Waals surface area (Å²) in [5.41, 5.74) is 2.56. The van der Waals surface area contributed by atoms with E-state index in [0.29, 0.717) is 6.04 Å². The van der Waals surface area contributed by atoms with Crippen LogP contribution in [0.15, 0.2) is 30.3 Å². The molecule has 2 saturated heterocycles. The van der Waals surface area contributed by atoms with E-state index in [1.165, 1.54) is 34.2 Å². The average molecular weight is 423 g/mol. The monoisotopic (exact) mass is 422 g/mol. The van der Waals surface area contributed by atoms with E-state index < -0.39 is 0 Å². The van der Waals surface area contributed by atoms with E-state index in [0.717, 1.165) is 55.6 Å². The van der Waals surface area contributed by atoms with Crippen LogP contribution in [0.3, 0.4) is 0 Å². The Bertz CT molecular complexity index is 1010. The number of nitrogens with one attached hydrogen (secondary N) is 1. The van der Waals surface area contributed by atoms with E-state index in [4.69, 9.17) is 14.7 Å². The Morgan fingerprint density at radius 1 is 1.13 bits per heavy atom. The summed E-state index contributed by atoms with van der Waals surface area (Å²) in [6.45, 7) is 8.32. The Morgan fingerprint density at radius 2 is 1.93 bits per heavy atom. The van der Waals surface area contributed by atoms with E-state index in [9.17, 15) is 0 Å². The lowest BCUT2D eigenvalue weighted by Gasteiger charge is -2.31. The molecule has 1 N–H and O–H groups in total. The Labute approximate surface area is 182 Å². The van der Waals surface area contributed by atoms with Gasteiger partial charge in [-0.05, 0) is 63.7 Å². The second kappa shape index (κ2) is 8.61. The summed E-state index contributed by atoms with van der Waals surface area (Å²) in [6, 6.07) is 10.9. The number of benzene rings is 1. The number of thiophene rings is 1. The van der Waals surface area contributed by atoms with E-state index >= 15 is 0 Å². The maximum absolute atomic E-state index is 6.08. The minimum absolute atomic E-state index is 0.143. The van der Waals surface area contributed by atoms with E-state index in [-0.39, 0.29) is 6.10 Å². The van der Waals surface area contributed by atoms with Gasteiger partial charge >= 0.3 is 0 Å². The standard InChI is InChI=1S/C24H30N4OS/c1-16-17(2)30-24-22(16)23(26-21(27-24)15-28-11-6-7-12-28)25-19-10-13-29-20(14-19)18-8-4-3-5-9-18/h3-5,8-9,19-20H,6-7,10-15H2,1-2H3,(H,25,26,27). The Kier molecular flexibility index (Phi) is 5.72. The van der Waals surface area contributed by atoms with Gasteiger partial charge in [-0.3, -0.25) is 4.90 Å². The number of rotatable bonds is 5. The topological polar surface area (TPSA) is 50.3 Å². The number of aryl methyl sites for hydroxylation is 2. The fraction of sp³-hybridized carbons (Fsp3) is 0.500. The molecule has 5 rings (SSSR count). The van der Waals surface area contributed by atoms with Gasteiger partial charge in [0.05, 0.1) is 18.0 Å². The van der Waals surface area contributed by atoms with E-state index in [1.54, 1.807) is 11.3 Å². The molecule has 2 atom stereocenters. The van der Waals surface area contributed by atoms with Gasteiger partial charge < -0.3 is 10.1 Å². The summed E-state index contributed by atoms with van der Waals surface area (Å²) in [6.07, 6.45) is 4.67. The fourth-order valence-corrected chi connectivity index (χ4v) is 5.68. The first-order chi connectivity index (χ1) is 14.7. The highest BCUT2D eigenvalue weighted by Gasteiger charge is 2.26. The van der Waals surface area contributed by atoms with Gasteiger partial charge in [0.1, 0.15) is 16.5 Å². The molecule has 4 heterocycles. The van der Waals surface area contributed by atoms with Crippen LogP contribution in [0.25, 0.3) is 10.2 Å². The summed E-state index contributed by atoms with van der Waals surface area (Å²) in [5.74, 6) is 1.95. The van der Waals surface area contributed by atoms with Crippen LogP contribution in [-0.2, 0) is 11.3 Å². The molecule has 6 heteroatoms. The molecule has 30 heavy (non-hydrogen) atoms. The lowest BCUT2D eigenvalue weighted by molar-refractivity contribution is 0.00976. The first-order valence-corrected chi connectivity index (χ1v) is 11.9. The van der Waals surface area contributed by atoms with Crippen molar-refractivity contribution in [2.24, 2.45) is 0 Å². The second-order valence-electron chi connectivity index (χ2n) is 8.57. The molecule has 1 aromatic carbocycles. The predicted octanol–water partition coefficient (Wildman–Crippen LogP) is 5.24. The van der Waals surface area contributed by atoms with Gasteiger partial charge in [0.15, 0.2) is 0 Å². The van der Waals surface area contributed by atoms with Crippen molar-refractivity contribution in [1.82, 2.24) is 14.9 Å².